The first-order valence-electron chi connectivity index (χ1n) is 10.5. The number of aromatic nitrogens is 2. The van der Waals surface area contributed by atoms with Crippen LogP contribution in [-0.4, -0.2) is 33.9 Å². The number of piperidine rings is 1. The zero-order chi connectivity index (χ0) is 19.5. The quantitative estimate of drug-likeness (QED) is 0.776. The Morgan fingerprint density at radius 2 is 2.04 bits per heavy atom. The van der Waals surface area contributed by atoms with Crippen molar-refractivity contribution in [3.63, 3.8) is 0 Å². The van der Waals surface area contributed by atoms with Gasteiger partial charge in [-0.05, 0) is 50.7 Å². The van der Waals surface area contributed by atoms with Crippen molar-refractivity contribution in [1.82, 2.24) is 14.9 Å². The van der Waals surface area contributed by atoms with Crippen molar-refractivity contribution in [3.8, 4) is 0 Å². The second-order valence-corrected chi connectivity index (χ2v) is 9.65. The highest BCUT2D eigenvalue weighted by molar-refractivity contribution is 7.15. The molecule has 2 fully saturated rings. The number of rotatable bonds is 4. The minimum Gasteiger partial charge on any atom is -0.342 e. The standard InChI is InChI=1S/C22H30N4OS/c1-15-5-3-6-18(13-15)21(27)26-11-9-17(10-12-26)19-7-4-8-20(24-19)25-22-23-14-16(2)28-22/h4,7-8,14-15,17-18H,3,5-6,9-13H2,1-2H3,(H,23,24,25). The lowest BCUT2D eigenvalue weighted by Gasteiger charge is -2.36. The minimum atomic E-state index is 0.257. The van der Waals surface area contributed by atoms with E-state index in [2.05, 4.69) is 41.2 Å². The summed E-state index contributed by atoms with van der Waals surface area (Å²) in [4.78, 5) is 25.4. The molecule has 2 aromatic rings. The van der Waals surface area contributed by atoms with Crippen LogP contribution in [0.3, 0.4) is 0 Å². The number of likely N-dealkylation sites (tertiary alicyclic amines) is 1. The lowest BCUT2D eigenvalue weighted by atomic mass is 9.81. The molecule has 1 N–H and O–H groups in total. The largest absolute Gasteiger partial charge is 0.342 e. The van der Waals surface area contributed by atoms with E-state index in [0.717, 1.165) is 55.4 Å². The molecule has 0 bridgehead atoms. The van der Waals surface area contributed by atoms with Gasteiger partial charge in [0.1, 0.15) is 5.82 Å². The van der Waals surface area contributed by atoms with Gasteiger partial charge in [0.25, 0.3) is 0 Å². The molecule has 2 unspecified atom stereocenters. The van der Waals surface area contributed by atoms with Gasteiger partial charge in [-0.25, -0.2) is 9.97 Å². The maximum atomic E-state index is 12.9. The minimum absolute atomic E-state index is 0.257. The average molecular weight is 399 g/mol. The van der Waals surface area contributed by atoms with Gasteiger partial charge in [0.05, 0.1) is 0 Å². The van der Waals surface area contributed by atoms with Gasteiger partial charge >= 0.3 is 0 Å². The molecule has 2 aliphatic rings. The molecular formula is C22H30N4OS. The molecule has 6 heteroatoms. The summed E-state index contributed by atoms with van der Waals surface area (Å²) in [7, 11) is 0. The third-order valence-electron chi connectivity index (χ3n) is 6.14. The monoisotopic (exact) mass is 398 g/mol. The summed E-state index contributed by atoms with van der Waals surface area (Å²) in [5.41, 5.74) is 1.12. The Kier molecular flexibility index (Phi) is 5.95. The summed E-state index contributed by atoms with van der Waals surface area (Å²) in [6.07, 6.45) is 8.51. The highest BCUT2D eigenvalue weighted by Gasteiger charge is 2.31. The van der Waals surface area contributed by atoms with Crippen molar-refractivity contribution in [2.45, 2.75) is 58.3 Å². The van der Waals surface area contributed by atoms with Gasteiger partial charge in [-0.2, -0.15) is 0 Å². The topological polar surface area (TPSA) is 58.1 Å². The lowest BCUT2D eigenvalue weighted by Crippen LogP contribution is -2.42. The second kappa shape index (κ2) is 8.60. The third-order valence-corrected chi connectivity index (χ3v) is 6.97. The van der Waals surface area contributed by atoms with Crippen LogP contribution in [0.25, 0.3) is 0 Å². The molecule has 3 heterocycles. The fourth-order valence-corrected chi connectivity index (χ4v) is 5.25. The summed E-state index contributed by atoms with van der Waals surface area (Å²) in [5, 5.41) is 4.19. The molecule has 1 aliphatic heterocycles. The maximum Gasteiger partial charge on any atom is 0.225 e. The summed E-state index contributed by atoms with van der Waals surface area (Å²) in [6, 6.07) is 6.17. The Bertz CT molecular complexity index is 812. The molecular weight excluding hydrogens is 368 g/mol. The molecule has 2 aromatic heterocycles. The molecule has 150 valence electrons. The summed E-state index contributed by atoms with van der Waals surface area (Å²) in [6.45, 7) is 6.06. The number of hydrogen-bond acceptors (Lipinski definition) is 5. The summed E-state index contributed by atoms with van der Waals surface area (Å²) < 4.78 is 0. The van der Waals surface area contributed by atoms with Crippen LogP contribution in [0.15, 0.2) is 24.4 Å². The smallest absolute Gasteiger partial charge is 0.225 e. The van der Waals surface area contributed by atoms with Crippen LogP contribution in [0.1, 0.15) is 61.9 Å². The first kappa shape index (κ1) is 19.4. The van der Waals surface area contributed by atoms with Gasteiger partial charge in [0.15, 0.2) is 5.13 Å². The van der Waals surface area contributed by atoms with E-state index in [0.29, 0.717) is 17.7 Å². The van der Waals surface area contributed by atoms with Crippen molar-refractivity contribution < 1.29 is 4.79 Å². The maximum absolute atomic E-state index is 12.9. The van der Waals surface area contributed by atoms with Crippen molar-refractivity contribution in [2.24, 2.45) is 11.8 Å². The number of carbonyl (C=O) groups excluding carboxylic acids is 1. The number of thiazole rings is 1. The average Bonchev–Trinajstić information content (AvgIpc) is 3.12. The molecule has 0 aromatic carbocycles. The van der Waals surface area contributed by atoms with E-state index in [1.165, 1.54) is 17.7 Å². The predicted octanol–water partition coefficient (Wildman–Crippen LogP) is 5.12. The van der Waals surface area contributed by atoms with Crippen molar-refractivity contribution in [2.75, 3.05) is 18.4 Å². The van der Waals surface area contributed by atoms with Gasteiger partial charge in [-0.15, -0.1) is 11.3 Å². The van der Waals surface area contributed by atoms with Gasteiger partial charge < -0.3 is 10.2 Å². The molecule has 0 radical (unpaired) electrons. The number of carbonyl (C=O) groups is 1. The van der Waals surface area contributed by atoms with Gasteiger partial charge in [0, 0.05) is 41.7 Å². The molecule has 1 saturated heterocycles. The second-order valence-electron chi connectivity index (χ2n) is 8.42. The fourth-order valence-electron chi connectivity index (χ4n) is 4.58. The third kappa shape index (κ3) is 4.54. The zero-order valence-corrected chi connectivity index (χ0v) is 17.7. The van der Waals surface area contributed by atoms with Crippen LogP contribution in [0, 0.1) is 18.8 Å². The number of amides is 1. The lowest BCUT2D eigenvalue weighted by molar-refractivity contribution is -0.138. The van der Waals surface area contributed by atoms with E-state index in [-0.39, 0.29) is 5.92 Å². The van der Waals surface area contributed by atoms with E-state index in [9.17, 15) is 4.79 Å². The van der Waals surface area contributed by atoms with E-state index < -0.39 is 0 Å². The Hall–Kier alpha value is -1.95. The predicted molar refractivity (Wildman–Crippen MR) is 114 cm³/mol. The van der Waals surface area contributed by atoms with Crippen LogP contribution >= 0.6 is 11.3 Å². The van der Waals surface area contributed by atoms with Crippen molar-refractivity contribution in [3.05, 3.63) is 35.0 Å². The van der Waals surface area contributed by atoms with Crippen LogP contribution < -0.4 is 5.32 Å². The summed E-state index contributed by atoms with van der Waals surface area (Å²) >= 11 is 1.63. The first-order valence-corrected chi connectivity index (χ1v) is 11.4. The van der Waals surface area contributed by atoms with E-state index >= 15 is 0 Å². The van der Waals surface area contributed by atoms with Crippen LogP contribution in [0.4, 0.5) is 10.9 Å². The number of nitrogens with one attached hydrogen (secondary N) is 1. The molecule has 1 saturated carbocycles. The Morgan fingerprint density at radius 3 is 2.75 bits per heavy atom. The highest BCUT2D eigenvalue weighted by atomic mass is 32.1. The van der Waals surface area contributed by atoms with E-state index in [4.69, 9.17) is 4.98 Å². The first-order chi connectivity index (χ1) is 13.6. The van der Waals surface area contributed by atoms with Gasteiger partial charge in [-0.3, -0.25) is 4.79 Å². The SMILES string of the molecule is Cc1cnc(Nc2cccc(C3CCN(C(=O)C4CCCC(C)C4)CC3)n2)s1. The Balaban J connectivity index is 1.34. The normalized spacial score (nSPS) is 23.6. The molecule has 5 nitrogen and oxygen atoms in total. The molecule has 1 aliphatic carbocycles. The zero-order valence-electron chi connectivity index (χ0n) is 16.9. The molecule has 4 rings (SSSR count). The van der Waals surface area contributed by atoms with Crippen LogP contribution in [-0.2, 0) is 4.79 Å². The Morgan fingerprint density at radius 1 is 1.21 bits per heavy atom. The van der Waals surface area contributed by atoms with Gasteiger partial charge in [-0.1, -0.05) is 25.8 Å². The fraction of sp³-hybridized carbons (Fsp3) is 0.591. The number of nitrogens with zero attached hydrogens (tertiary/aromatic N) is 3. The van der Waals surface area contributed by atoms with Crippen LogP contribution in [0.2, 0.25) is 0 Å². The molecule has 2 atom stereocenters. The van der Waals surface area contributed by atoms with Gasteiger partial charge in [0.2, 0.25) is 5.91 Å². The highest BCUT2D eigenvalue weighted by Crippen LogP contribution is 2.33. The van der Waals surface area contributed by atoms with Crippen molar-refractivity contribution >= 4 is 28.2 Å². The Labute approximate surface area is 171 Å². The molecule has 1 amide bonds. The number of pyridine rings is 1. The number of hydrogen-bond donors (Lipinski definition) is 1. The summed E-state index contributed by atoms with van der Waals surface area (Å²) in [5.74, 6) is 2.62. The van der Waals surface area contributed by atoms with Crippen LogP contribution in [0.5, 0.6) is 0 Å². The molecule has 0 spiro atoms. The van der Waals surface area contributed by atoms with Crippen molar-refractivity contribution in [1.29, 1.82) is 0 Å². The number of anilines is 2. The van der Waals surface area contributed by atoms with E-state index in [1.54, 1.807) is 11.3 Å². The molecule has 28 heavy (non-hydrogen) atoms. The van der Waals surface area contributed by atoms with E-state index in [1.807, 2.05) is 12.3 Å². The number of aryl methyl sites for hydroxylation is 1.